The van der Waals surface area contributed by atoms with E-state index in [2.05, 4.69) is 9.97 Å². The van der Waals surface area contributed by atoms with Crippen molar-refractivity contribution in [3.05, 3.63) is 55.8 Å². The Balaban J connectivity index is 2.63. The number of halogens is 1. The molecule has 0 fully saturated rings. The number of H-pyrrole nitrogens is 2. The minimum absolute atomic E-state index is 0.412. The second-order valence-corrected chi connectivity index (χ2v) is 3.86. The predicted octanol–water partition coefficient (Wildman–Crippen LogP) is 1.69. The first-order valence-electron chi connectivity index (χ1n) is 4.66. The van der Waals surface area contributed by atoms with Crippen LogP contribution in [0.15, 0.2) is 34.0 Å². The number of aromatic amines is 2. The Morgan fingerprint density at radius 2 is 2.00 bits per heavy atom. The fourth-order valence-corrected chi connectivity index (χ4v) is 1.55. The monoisotopic (exact) mass is 236 g/mol. The van der Waals surface area contributed by atoms with E-state index in [0.717, 1.165) is 11.1 Å². The van der Waals surface area contributed by atoms with Crippen LogP contribution in [0.25, 0.3) is 11.1 Å². The van der Waals surface area contributed by atoms with Gasteiger partial charge in [0.25, 0.3) is 5.56 Å². The third kappa shape index (κ3) is 1.92. The molecule has 0 unspecified atom stereocenters. The molecule has 0 aliphatic carbocycles. The van der Waals surface area contributed by atoms with E-state index in [1.54, 1.807) is 18.2 Å². The Morgan fingerprint density at radius 3 is 2.62 bits per heavy atom. The maximum atomic E-state index is 11.5. The molecule has 1 aromatic heterocycles. The normalized spacial score (nSPS) is 10.4. The maximum Gasteiger partial charge on any atom is 0.325 e. The van der Waals surface area contributed by atoms with Gasteiger partial charge in [-0.2, -0.15) is 0 Å². The number of nitrogens with one attached hydrogen (secondary N) is 2. The van der Waals surface area contributed by atoms with Crippen molar-refractivity contribution in [1.82, 2.24) is 9.97 Å². The first-order chi connectivity index (χ1) is 7.58. The fraction of sp³-hybridized carbons (Fsp3) is 0.0909. The van der Waals surface area contributed by atoms with E-state index in [-0.39, 0.29) is 0 Å². The van der Waals surface area contributed by atoms with Crippen molar-refractivity contribution < 1.29 is 0 Å². The molecule has 2 aromatic rings. The molecule has 2 rings (SSSR count). The first kappa shape index (κ1) is 10.7. The second-order valence-electron chi connectivity index (χ2n) is 3.45. The summed E-state index contributed by atoms with van der Waals surface area (Å²) in [5.41, 5.74) is 1.09. The third-order valence-electron chi connectivity index (χ3n) is 2.29. The minimum atomic E-state index is -0.514. The Labute approximate surface area is 95.9 Å². The first-order valence-corrected chi connectivity index (χ1v) is 5.04. The predicted molar refractivity (Wildman–Crippen MR) is 62.9 cm³/mol. The van der Waals surface area contributed by atoms with Gasteiger partial charge in [-0.05, 0) is 30.2 Å². The SMILES string of the molecule is Cc1cc(-c2c[nH]c(=O)[nH]c2=O)ccc1Cl. The summed E-state index contributed by atoms with van der Waals surface area (Å²) in [6.45, 7) is 1.85. The van der Waals surface area contributed by atoms with Crippen LogP contribution in [0.3, 0.4) is 0 Å². The van der Waals surface area contributed by atoms with Gasteiger partial charge < -0.3 is 4.98 Å². The molecular formula is C11H9ClN2O2. The van der Waals surface area contributed by atoms with Crippen molar-refractivity contribution in [2.45, 2.75) is 6.92 Å². The molecule has 4 nitrogen and oxygen atoms in total. The molecular weight excluding hydrogens is 228 g/mol. The third-order valence-corrected chi connectivity index (χ3v) is 2.71. The van der Waals surface area contributed by atoms with Gasteiger partial charge >= 0.3 is 5.69 Å². The van der Waals surface area contributed by atoms with Gasteiger partial charge in [-0.1, -0.05) is 17.7 Å². The minimum Gasteiger partial charge on any atom is -0.313 e. The van der Waals surface area contributed by atoms with Crippen molar-refractivity contribution in [2.75, 3.05) is 0 Å². The van der Waals surface area contributed by atoms with Gasteiger partial charge in [0, 0.05) is 11.2 Å². The van der Waals surface area contributed by atoms with Gasteiger partial charge in [-0.3, -0.25) is 9.78 Å². The van der Waals surface area contributed by atoms with Gasteiger partial charge in [0.1, 0.15) is 0 Å². The second kappa shape index (κ2) is 3.98. The lowest BCUT2D eigenvalue weighted by Crippen LogP contribution is -2.22. The molecule has 0 aliphatic heterocycles. The Kier molecular flexibility index (Phi) is 2.66. The van der Waals surface area contributed by atoms with Crippen LogP contribution in [0, 0.1) is 6.92 Å². The molecule has 0 amide bonds. The van der Waals surface area contributed by atoms with Crippen molar-refractivity contribution in [2.24, 2.45) is 0 Å². The van der Waals surface area contributed by atoms with Crippen LogP contribution in [0.2, 0.25) is 5.02 Å². The molecule has 0 spiro atoms. The summed E-state index contributed by atoms with van der Waals surface area (Å²) in [5.74, 6) is 0. The zero-order valence-corrected chi connectivity index (χ0v) is 9.26. The smallest absolute Gasteiger partial charge is 0.313 e. The molecule has 5 heteroatoms. The van der Waals surface area contributed by atoms with Crippen LogP contribution in [-0.2, 0) is 0 Å². The molecule has 16 heavy (non-hydrogen) atoms. The lowest BCUT2D eigenvalue weighted by molar-refractivity contribution is 1.04. The summed E-state index contributed by atoms with van der Waals surface area (Å²) in [5, 5.41) is 0.643. The van der Waals surface area contributed by atoms with Gasteiger partial charge in [-0.25, -0.2) is 4.79 Å². The lowest BCUT2D eigenvalue weighted by atomic mass is 10.1. The number of aryl methyl sites for hydroxylation is 1. The van der Waals surface area contributed by atoms with Crippen LogP contribution in [0.5, 0.6) is 0 Å². The van der Waals surface area contributed by atoms with E-state index in [0.29, 0.717) is 10.6 Å². The van der Waals surface area contributed by atoms with Crippen LogP contribution < -0.4 is 11.2 Å². The zero-order valence-electron chi connectivity index (χ0n) is 8.50. The number of rotatable bonds is 1. The van der Waals surface area contributed by atoms with Crippen LogP contribution in [0.4, 0.5) is 0 Å². The fourth-order valence-electron chi connectivity index (χ4n) is 1.44. The van der Waals surface area contributed by atoms with Gasteiger partial charge in [0.15, 0.2) is 0 Å². The number of aromatic nitrogens is 2. The van der Waals surface area contributed by atoms with Gasteiger partial charge in [0.2, 0.25) is 0 Å². The highest BCUT2D eigenvalue weighted by Gasteiger charge is 2.05. The molecule has 0 radical (unpaired) electrons. The summed E-state index contributed by atoms with van der Waals surface area (Å²) in [7, 11) is 0. The molecule has 0 atom stereocenters. The quantitative estimate of drug-likeness (QED) is 0.791. The highest BCUT2D eigenvalue weighted by atomic mass is 35.5. The Morgan fingerprint density at radius 1 is 1.25 bits per heavy atom. The van der Waals surface area contributed by atoms with E-state index in [1.807, 2.05) is 6.92 Å². The average Bonchev–Trinajstić information content (AvgIpc) is 2.22. The number of hydrogen-bond acceptors (Lipinski definition) is 2. The van der Waals surface area contributed by atoms with Gasteiger partial charge in [0.05, 0.1) is 5.56 Å². The van der Waals surface area contributed by atoms with Crippen LogP contribution in [-0.4, -0.2) is 9.97 Å². The number of hydrogen-bond donors (Lipinski definition) is 2. The highest BCUT2D eigenvalue weighted by molar-refractivity contribution is 6.31. The highest BCUT2D eigenvalue weighted by Crippen LogP contribution is 2.21. The average molecular weight is 237 g/mol. The van der Waals surface area contributed by atoms with E-state index in [1.165, 1.54) is 6.20 Å². The van der Waals surface area contributed by atoms with Crippen molar-refractivity contribution >= 4 is 11.6 Å². The van der Waals surface area contributed by atoms with E-state index in [4.69, 9.17) is 11.6 Å². The van der Waals surface area contributed by atoms with E-state index < -0.39 is 11.2 Å². The van der Waals surface area contributed by atoms with Crippen molar-refractivity contribution in [1.29, 1.82) is 0 Å². The molecule has 2 N–H and O–H groups in total. The van der Waals surface area contributed by atoms with Crippen LogP contribution in [0.1, 0.15) is 5.56 Å². The van der Waals surface area contributed by atoms with Crippen LogP contribution >= 0.6 is 11.6 Å². The van der Waals surface area contributed by atoms with Crippen molar-refractivity contribution in [3.8, 4) is 11.1 Å². The molecule has 82 valence electrons. The molecule has 0 saturated carbocycles. The zero-order chi connectivity index (χ0) is 11.7. The summed E-state index contributed by atoms with van der Waals surface area (Å²) < 4.78 is 0. The van der Waals surface area contributed by atoms with E-state index in [9.17, 15) is 9.59 Å². The summed E-state index contributed by atoms with van der Waals surface area (Å²) in [4.78, 5) is 27.0. The molecule has 0 aliphatic rings. The molecule has 1 heterocycles. The van der Waals surface area contributed by atoms with E-state index >= 15 is 0 Å². The largest absolute Gasteiger partial charge is 0.325 e. The molecule has 1 aromatic carbocycles. The Bertz CT molecular complexity index is 643. The Hall–Kier alpha value is -1.81. The van der Waals surface area contributed by atoms with Crippen molar-refractivity contribution in [3.63, 3.8) is 0 Å². The summed E-state index contributed by atoms with van der Waals surface area (Å²) >= 11 is 5.89. The summed E-state index contributed by atoms with van der Waals surface area (Å²) in [6, 6.07) is 5.25. The lowest BCUT2D eigenvalue weighted by Gasteiger charge is -2.02. The number of benzene rings is 1. The van der Waals surface area contributed by atoms with Gasteiger partial charge in [-0.15, -0.1) is 0 Å². The summed E-state index contributed by atoms with van der Waals surface area (Å²) in [6.07, 6.45) is 1.39. The standard InChI is InChI=1S/C11H9ClN2O2/c1-6-4-7(2-3-9(6)12)8-5-13-11(16)14-10(8)15/h2-5H,1H3,(H2,13,14,15,16). The topological polar surface area (TPSA) is 65.7 Å². The maximum absolute atomic E-state index is 11.5. The molecule has 0 saturated heterocycles. The molecule has 0 bridgehead atoms.